The molecule has 2 aliphatic heterocycles. The summed E-state index contributed by atoms with van der Waals surface area (Å²) < 4.78 is 4.76. The molecule has 2 heterocycles. The summed E-state index contributed by atoms with van der Waals surface area (Å²) in [4.78, 5) is 23.3. The van der Waals surface area contributed by atoms with Crippen molar-refractivity contribution in [3.05, 3.63) is 65.2 Å². The maximum atomic E-state index is 12.6. The van der Waals surface area contributed by atoms with E-state index < -0.39 is 10.8 Å². The molecular formula is C17H13N3O3S. The molecule has 1 amide bonds. The number of fused-ring (bicyclic) bond motifs is 2. The van der Waals surface area contributed by atoms with Gasteiger partial charge in [0.05, 0.1) is 12.7 Å². The first kappa shape index (κ1) is 14.8. The quantitative estimate of drug-likeness (QED) is 0.821. The normalized spacial score (nSPS) is 21.0. The van der Waals surface area contributed by atoms with Gasteiger partial charge in [-0.15, -0.1) is 0 Å². The first-order valence-electron chi connectivity index (χ1n) is 7.27. The van der Waals surface area contributed by atoms with E-state index in [0.29, 0.717) is 16.8 Å². The summed E-state index contributed by atoms with van der Waals surface area (Å²) in [6.07, 6.45) is 0. The van der Waals surface area contributed by atoms with Gasteiger partial charge in [-0.05, 0) is 18.2 Å². The molecule has 0 saturated heterocycles. The number of carbonyl (C=O) groups excluding carboxylic acids is 2. The van der Waals surface area contributed by atoms with Crippen LogP contribution in [0.5, 0.6) is 0 Å². The number of rotatable bonds is 2. The number of benzene rings is 2. The summed E-state index contributed by atoms with van der Waals surface area (Å²) in [5, 5.41) is 7.90. The fraction of sp³-hybridized carbons (Fsp3) is 0.118. The molecule has 1 atom stereocenters. The molecule has 2 aromatic rings. The van der Waals surface area contributed by atoms with Gasteiger partial charge in [0, 0.05) is 16.8 Å². The average Bonchev–Trinajstić information content (AvgIpc) is 3.19. The van der Waals surface area contributed by atoms with Crippen LogP contribution in [-0.4, -0.2) is 24.0 Å². The van der Waals surface area contributed by atoms with E-state index in [0.717, 1.165) is 10.6 Å². The Bertz CT molecular complexity index is 882. The van der Waals surface area contributed by atoms with Gasteiger partial charge in [0.2, 0.25) is 4.87 Å². The maximum absolute atomic E-state index is 12.6. The summed E-state index contributed by atoms with van der Waals surface area (Å²) >= 11 is 1.33. The molecule has 0 bridgehead atoms. The van der Waals surface area contributed by atoms with Crippen molar-refractivity contribution in [3.63, 3.8) is 0 Å². The SMILES string of the molecule is COC(=O)c1ccc2c(c1)C1(NN=C(c3ccccc3)S1)C(=O)N2. The predicted molar refractivity (Wildman–Crippen MR) is 91.8 cm³/mol. The largest absolute Gasteiger partial charge is 0.465 e. The van der Waals surface area contributed by atoms with Gasteiger partial charge >= 0.3 is 5.97 Å². The van der Waals surface area contributed by atoms with E-state index in [4.69, 9.17) is 4.74 Å². The second-order valence-corrected chi connectivity index (χ2v) is 6.59. The van der Waals surface area contributed by atoms with Gasteiger partial charge < -0.3 is 10.1 Å². The van der Waals surface area contributed by atoms with E-state index >= 15 is 0 Å². The Morgan fingerprint density at radius 1 is 1.21 bits per heavy atom. The molecule has 6 nitrogen and oxygen atoms in total. The number of methoxy groups -OCH3 is 1. The minimum Gasteiger partial charge on any atom is -0.465 e. The molecule has 0 aliphatic carbocycles. The summed E-state index contributed by atoms with van der Waals surface area (Å²) in [6.45, 7) is 0. The van der Waals surface area contributed by atoms with Crippen LogP contribution in [0, 0.1) is 0 Å². The lowest BCUT2D eigenvalue weighted by Crippen LogP contribution is -2.39. The molecule has 120 valence electrons. The molecule has 1 unspecified atom stereocenters. The number of esters is 1. The van der Waals surface area contributed by atoms with Gasteiger partial charge in [0.15, 0.2) is 0 Å². The van der Waals surface area contributed by atoms with Gasteiger partial charge in [-0.25, -0.2) is 4.79 Å². The zero-order chi connectivity index (χ0) is 16.7. The fourth-order valence-corrected chi connectivity index (χ4v) is 3.91. The zero-order valence-corrected chi connectivity index (χ0v) is 13.5. The molecule has 24 heavy (non-hydrogen) atoms. The summed E-state index contributed by atoms with van der Waals surface area (Å²) in [5.74, 6) is -0.654. The lowest BCUT2D eigenvalue weighted by molar-refractivity contribution is -0.118. The monoisotopic (exact) mass is 339 g/mol. The van der Waals surface area contributed by atoms with Crippen LogP contribution in [0.3, 0.4) is 0 Å². The van der Waals surface area contributed by atoms with Gasteiger partial charge in [-0.3, -0.25) is 10.2 Å². The number of amides is 1. The second-order valence-electron chi connectivity index (χ2n) is 5.38. The lowest BCUT2D eigenvalue weighted by Gasteiger charge is -2.20. The van der Waals surface area contributed by atoms with E-state index in [1.807, 2.05) is 30.3 Å². The van der Waals surface area contributed by atoms with E-state index in [9.17, 15) is 9.59 Å². The third-order valence-electron chi connectivity index (χ3n) is 3.97. The summed E-state index contributed by atoms with van der Waals surface area (Å²) in [5.41, 5.74) is 5.62. The van der Waals surface area contributed by atoms with E-state index in [1.54, 1.807) is 18.2 Å². The first-order valence-corrected chi connectivity index (χ1v) is 8.09. The van der Waals surface area contributed by atoms with Crippen LogP contribution in [0.15, 0.2) is 53.6 Å². The van der Waals surface area contributed by atoms with E-state index in [-0.39, 0.29) is 5.91 Å². The molecule has 2 N–H and O–H groups in total. The molecular weight excluding hydrogens is 326 g/mol. The lowest BCUT2D eigenvalue weighted by atomic mass is 10.0. The van der Waals surface area contributed by atoms with Gasteiger partial charge in [0.25, 0.3) is 5.91 Å². The van der Waals surface area contributed by atoms with Crippen LogP contribution in [-0.2, 0) is 14.4 Å². The number of hydrazone groups is 1. The number of hydrogen-bond acceptors (Lipinski definition) is 6. The minimum absolute atomic E-state index is 0.209. The van der Waals surface area contributed by atoms with Crippen molar-refractivity contribution in [2.45, 2.75) is 4.87 Å². The van der Waals surface area contributed by atoms with Crippen LogP contribution in [0.25, 0.3) is 0 Å². The topological polar surface area (TPSA) is 79.8 Å². The second kappa shape index (κ2) is 5.38. The Hall–Kier alpha value is -2.80. The first-order chi connectivity index (χ1) is 11.6. The number of carbonyl (C=O) groups is 2. The third kappa shape index (κ3) is 2.09. The van der Waals surface area contributed by atoms with Crippen molar-refractivity contribution in [1.82, 2.24) is 5.43 Å². The van der Waals surface area contributed by atoms with Crippen LogP contribution >= 0.6 is 11.8 Å². The highest BCUT2D eigenvalue weighted by Gasteiger charge is 2.52. The number of thioether (sulfide) groups is 1. The Morgan fingerprint density at radius 3 is 2.75 bits per heavy atom. The highest BCUT2D eigenvalue weighted by Crippen LogP contribution is 2.48. The van der Waals surface area contributed by atoms with E-state index in [1.165, 1.54) is 18.9 Å². The third-order valence-corrected chi connectivity index (χ3v) is 5.30. The van der Waals surface area contributed by atoms with Crippen LogP contribution in [0.4, 0.5) is 5.69 Å². The Balaban J connectivity index is 1.74. The average molecular weight is 339 g/mol. The van der Waals surface area contributed by atoms with Gasteiger partial charge in [0.1, 0.15) is 5.04 Å². The Kier molecular flexibility index (Phi) is 3.31. The number of ether oxygens (including phenoxy) is 1. The van der Waals surface area contributed by atoms with Gasteiger partial charge in [-0.1, -0.05) is 42.1 Å². The molecule has 0 aromatic heterocycles. The fourth-order valence-electron chi connectivity index (χ4n) is 2.76. The highest BCUT2D eigenvalue weighted by molar-refractivity contribution is 8.16. The number of hydrogen-bond donors (Lipinski definition) is 2. The zero-order valence-electron chi connectivity index (χ0n) is 12.7. The molecule has 7 heteroatoms. The van der Waals surface area contributed by atoms with Crippen molar-refractivity contribution in [3.8, 4) is 0 Å². The number of nitrogens with one attached hydrogen (secondary N) is 2. The highest BCUT2D eigenvalue weighted by atomic mass is 32.2. The minimum atomic E-state index is -1.06. The Morgan fingerprint density at radius 2 is 2.00 bits per heavy atom. The van der Waals surface area contributed by atoms with Crippen LogP contribution in [0.1, 0.15) is 21.5 Å². The molecule has 2 aromatic carbocycles. The number of anilines is 1. The van der Waals surface area contributed by atoms with Crippen molar-refractivity contribution in [2.75, 3.05) is 12.4 Å². The van der Waals surface area contributed by atoms with Crippen molar-refractivity contribution < 1.29 is 14.3 Å². The molecule has 0 radical (unpaired) electrons. The predicted octanol–water partition coefficient (Wildman–Crippen LogP) is 2.28. The van der Waals surface area contributed by atoms with Crippen LogP contribution < -0.4 is 10.7 Å². The Labute approximate surface area is 142 Å². The van der Waals surface area contributed by atoms with Crippen LogP contribution in [0.2, 0.25) is 0 Å². The smallest absolute Gasteiger partial charge is 0.337 e. The molecule has 0 fully saturated rings. The molecule has 1 spiro atoms. The molecule has 4 rings (SSSR count). The molecule has 2 aliphatic rings. The standard InChI is InChI=1S/C17H13N3O3S/c1-23-15(21)11-7-8-13-12(9-11)17(16(22)18-13)20-19-14(24-17)10-5-3-2-4-6-10/h2-9,20H,1H3,(H,18,22). The molecule has 0 saturated carbocycles. The van der Waals surface area contributed by atoms with E-state index in [2.05, 4.69) is 15.8 Å². The summed E-state index contributed by atoms with van der Waals surface area (Å²) in [7, 11) is 1.33. The maximum Gasteiger partial charge on any atom is 0.337 e. The van der Waals surface area contributed by atoms with Crippen molar-refractivity contribution in [2.24, 2.45) is 5.10 Å². The summed E-state index contributed by atoms with van der Waals surface area (Å²) in [6, 6.07) is 14.6. The number of nitrogens with zero attached hydrogens (tertiary/aromatic N) is 1. The van der Waals surface area contributed by atoms with Crippen molar-refractivity contribution >= 4 is 34.4 Å². The van der Waals surface area contributed by atoms with Crippen molar-refractivity contribution in [1.29, 1.82) is 0 Å². The van der Waals surface area contributed by atoms with Gasteiger partial charge in [-0.2, -0.15) is 5.10 Å².